The third-order valence-corrected chi connectivity index (χ3v) is 2.67. The van der Waals surface area contributed by atoms with Crippen molar-refractivity contribution in [2.75, 3.05) is 18.9 Å². The molecule has 0 aliphatic carbocycles. The van der Waals surface area contributed by atoms with E-state index >= 15 is 0 Å². The highest BCUT2D eigenvalue weighted by Crippen LogP contribution is 2.32. The quantitative estimate of drug-likeness (QED) is 0.844. The molecule has 1 aromatic rings. The summed E-state index contributed by atoms with van der Waals surface area (Å²) in [4.78, 5) is 12.0. The van der Waals surface area contributed by atoms with Gasteiger partial charge in [0.15, 0.2) is 0 Å². The third-order valence-electron chi connectivity index (χ3n) is 2.67. The Kier molecular flexibility index (Phi) is 4.16. The van der Waals surface area contributed by atoms with E-state index in [1.165, 1.54) is 0 Å². The zero-order valence-electron chi connectivity index (χ0n) is 11.3. The highest BCUT2D eigenvalue weighted by molar-refractivity contribution is 5.97. The van der Waals surface area contributed by atoms with E-state index < -0.39 is 0 Å². The molecule has 0 saturated carbocycles. The first-order chi connectivity index (χ1) is 7.91. The number of hydrogen-bond donors (Lipinski definition) is 2. The van der Waals surface area contributed by atoms with Crippen LogP contribution in [0.5, 0.6) is 0 Å². The number of carbonyl (C=O) groups is 1. The van der Waals surface area contributed by atoms with Crippen molar-refractivity contribution in [1.29, 1.82) is 0 Å². The summed E-state index contributed by atoms with van der Waals surface area (Å²) in [5.41, 5.74) is 2.76. The zero-order valence-corrected chi connectivity index (χ0v) is 11.3. The molecule has 0 saturated heterocycles. The first kappa shape index (κ1) is 13.6. The monoisotopic (exact) mass is 234 g/mol. The minimum absolute atomic E-state index is 0.00507. The molecule has 17 heavy (non-hydrogen) atoms. The van der Waals surface area contributed by atoms with E-state index in [1.807, 2.05) is 32.2 Å². The Labute approximate surface area is 104 Å². The molecule has 0 spiro atoms. The van der Waals surface area contributed by atoms with Crippen LogP contribution < -0.4 is 10.6 Å². The lowest BCUT2D eigenvalue weighted by Gasteiger charge is -2.25. The van der Waals surface area contributed by atoms with Crippen LogP contribution in [-0.4, -0.2) is 19.5 Å². The van der Waals surface area contributed by atoms with Gasteiger partial charge < -0.3 is 10.6 Å². The van der Waals surface area contributed by atoms with Crippen molar-refractivity contribution >= 4 is 11.6 Å². The summed E-state index contributed by atoms with van der Waals surface area (Å²) in [6.45, 7) is 8.92. The van der Waals surface area contributed by atoms with Crippen LogP contribution in [-0.2, 0) is 5.41 Å². The van der Waals surface area contributed by atoms with Crippen molar-refractivity contribution in [2.45, 2.75) is 33.1 Å². The van der Waals surface area contributed by atoms with Gasteiger partial charge in [-0.1, -0.05) is 26.8 Å². The van der Waals surface area contributed by atoms with Gasteiger partial charge in [0.25, 0.3) is 5.91 Å². The maximum atomic E-state index is 12.0. The molecule has 1 aromatic carbocycles. The van der Waals surface area contributed by atoms with Crippen LogP contribution in [0.1, 0.15) is 43.6 Å². The molecular weight excluding hydrogens is 212 g/mol. The predicted molar refractivity (Wildman–Crippen MR) is 72.7 cm³/mol. The Hall–Kier alpha value is -1.51. The summed E-state index contributed by atoms with van der Waals surface area (Å²) in [6, 6.07) is 5.79. The van der Waals surface area contributed by atoms with Gasteiger partial charge in [-0.15, -0.1) is 0 Å². The molecule has 1 amide bonds. The van der Waals surface area contributed by atoms with Gasteiger partial charge in [-0.2, -0.15) is 0 Å². The fourth-order valence-corrected chi connectivity index (χ4v) is 2.01. The van der Waals surface area contributed by atoms with E-state index in [1.54, 1.807) is 0 Å². The van der Waals surface area contributed by atoms with Crippen molar-refractivity contribution in [2.24, 2.45) is 0 Å². The van der Waals surface area contributed by atoms with Crippen LogP contribution in [0.3, 0.4) is 0 Å². The third kappa shape index (κ3) is 2.99. The van der Waals surface area contributed by atoms with Crippen LogP contribution in [0.4, 0.5) is 5.69 Å². The number of anilines is 1. The van der Waals surface area contributed by atoms with Crippen molar-refractivity contribution in [3.63, 3.8) is 0 Å². The summed E-state index contributed by atoms with van der Waals surface area (Å²) < 4.78 is 0. The van der Waals surface area contributed by atoms with Gasteiger partial charge in [0, 0.05) is 24.8 Å². The first-order valence-electron chi connectivity index (χ1n) is 6.01. The van der Waals surface area contributed by atoms with Crippen LogP contribution >= 0.6 is 0 Å². The average Bonchev–Trinajstić information content (AvgIpc) is 2.27. The molecule has 0 radical (unpaired) electrons. The standard InChI is InChI=1S/C14H22N2O/c1-6-16-13(17)10-8-7-9-11(15-5)12(10)14(2,3)4/h7-9,15H,6H2,1-5H3,(H,16,17). The molecule has 94 valence electrons. The molecule has 0 bridgehead atoms. The lowest BCUT2D eigenvalue weighted by Crippen LogP contribution is -2.27. The maximum absolute atomic E-state index is 12.0. The largest absolute Gasteiger partial charge is 0.388 e. The van der Waals surface area contributed by atoms with E-state index in [-0.39, 0.29) is 11.3 Å². The minimum Gasteiger partial charge on any atom is -0.388 e. The Balaban J connectivity index is 3.35. The summed E-state index contributed by atoms with van der Waals surface area (Å²) in [5.74, 6) is -0.00507. The molecule has 2 N–H and O–H groups in total. The summed E-state index contributed by atoms with van der Waals surface area (Å²) in [5, 5.41) is 6.02. The minimum atomic E-state index is -0.0694. The predicted octanol–water partition coefficient (Wildman–Crippen LogP) is 2.78. The topological polar surface area (TPSA) is 41.1 Å². The van der Waals surface area contributed by atoms with E-state index in [0.29, 0.717) is 6.54 Å². The SMILES string of the molecule is CCNC(=O)c1cccc(NC)c1C(C)(C)C. The summed E-state index contributed by atoms with van der Waals surface area (Å²) in [6.07, 6.45) is 0. The highest BCUT2D eigenvalue weighted by atomic mass is 16.1. The van der Waals surface area contributed by atoms with Gasteiger partial charge in [0.1, 0.15) is 0 Å². The average molecular weight is 234 g/mol. The Bertz CT molecular complexity index is 405. The fraction of sp³-hybridized carbons (Fsp3) is 0.500. The molecule has 1 rings (SSSR count). The van der Waals surface area contributed by atoms with Crippen molar-refractivity contribution in [3.05, 3.63) is 29.3 Å². The lowest BCUT2D eigenvalue weighted by molar-refractivity contribution is 0.0953. The van der Waals surface area contributed by atoms with E-state index in [9.17, 15) is 4.79 Å². The first-order valence-corrected chi connectivity index (χ1v) is 6.01. The van der Waals surface area contributed by atoms with Crippen LogP contribution in [0.15, 0.2) is 18.2 Å². The summed E-state index contributed by atoms with van der Waals surface area (Å²) in [7, 11) is 1.88. The van der Waals surface area contributed by atoms with Crippen LogP contribution in [0.25, 0.3) is 0 Å². The highest BCUT2D eigenvalue weighted by Gasteiger charge is 2.24. The van der Waals surface area contributed by atoms with Crippen LogP contribution in [0, 0.1) is 0 Å². The van der Waals surface area contributed by atoms with E-state index in [0.717, 1.165) is 16.8 Å². The molecular formula is C14H22N2O. The summed E-state index contributed by atoms with van der Waals surface area (Å²) >= 11 is 0. The normalized spacial score (nSPS) is 11.1. The van der Waals surface area contributed by atoms with Gasteiger partial charge in [0.2, 0.25) is 0 Å². The van der Waals surface area contributed by atoms with Gasteiger partial charge in [-0.25, -0.2) is 0 Å². The molecule has 3 heteroatoms. The van der Waals surface area contributed by atoms with Gasteiger partial charge in [-0.3, -0.25) is 4.79 Å². The van der Waals surface area contributed by atoms with Gasteiger partial charge >= 0.3 is 0 Å². The number of hydrogen-bond acceptors (Lipinski definition) is 2. The molecule has 0 fully saturated rings. The zero-order chi connectivity index (χ0) is 13.1. The molecule has 3 nitrogen and oxygen atoms in total. The number of amides is 1. The van der Waals surface area contributed by atoms with Gasteiger partial charge in [0.05, 0.1) is 0 Å². The number of nitrogens with one attached hydrogen (secondary N) is 2. The molecule has 0 unspecified atom stereocenters. The number of rotatable bonds is 3. The second-order valence-electron chi connectivity index (χ2n) is 5.09. The van der Waals surface area contributed by atoms with E-state index in [2.05, 4.69) is 31.4 Å². The fourth-order valence-electron chi connectivity index (χ4n) is 2.01. The molecule has 0 aromatic heterocycles. The number of carbonyl (C=O) groups excluding carboxylic acids is 1. The van der Waals surface area contributed by atoms with Crippen LogP contribution in [0.2, 0.25) is 0 Å². The second-order valence-corrected chi connectivity index (χ2v) is 5.09. The second kappa shape index (κ2) is 5.21. The van der Waals surface area contributed by atoms with Crippen molar-refractivity contribution in [3.8, 4) is 0 Å². The Morgan fingerprint density at radius 3 is 2.41 bits per heavy atom. The van der Waals surface area contributed by atoms with Crippen molar-refractivity contribution in [1.82, 2.24) is 5.32 Å². The van der Waals surface area contributed by atoms with E-state index in [4.69, 9.17) is 0 Å². The molecule has 0 aliphatic rings. The molecule has 0 atom stereocenters. The Morgan fingerprint density at radius 1 is 1.29 bits per heavy atom. The Morgan fingerprint density at radius 2 is 1.94 bits per heavy atom. The maximum Gasteiger partial charge on any atom is 0.251 e. The number of benzene rings is 1. The lowest BCUT2D eigenvalue weighted by atomic mass is 9.82. The van der Waals surface area contributed by atoms with Crippen molar-refractivity contribution < 1.29 is 4.79 Å². The molecule has 0 aliphatic heterocycles. The smallest absolute Gasteiger partial charge is 0.251 e. The molecule has 0 heterocycles. The van der Waals surface area contributed by atoms with Gasteiger partial charge in [-0.05, 0) is 30.0 Å².